The van der Waals surface area contributed by atoms with Crippen LogP contribution in [0.15, 0.2) is 30.3 Å². The fourth-order valence-corrected chi connectivity index (χ4v) is 2.41. The van der Waals surface area contributed by atoms with Crippen LogP contribution in [-0.2, 0) is 30.4 Å². The average molecular weight is 405 g/mol. The summed E-state index contributed by atoms with van der Waals surface area (Å²) in [7, 11) is 0. The summed E-state index contributed by atoms with van der Waals surface area (Å²) in [4.78, 5) is 58.6. The minimum absolute atomic E-state index is 0.140. The summed E-state index contributed by atoms with van der Waals surface area (Å²) in [5.74, 6) is -2.62. The Morgan fingerprint density at radius 2 is 1.59 bits per heavy atom. The first-order chi connectivity index (χ1) is 13.6. The molecule has 0 aromatic heterocycles. The number of hydrogen-bond acceptors (Lipinski definition) is 6. The number of rotatable bonds is 11. The van der Waals surface area contributed by atoms with E-state index >= 15 is 0 Å². The Hall–Kier alpha value is -3.27. The molecule has 158 valence electrons. The van der Waals surface area contributed by atoms with Crippen LogP contribution in [0.4, 0.5) is 0 Å². The Balaban J connectivity index is 2.87. The second-order valence-electron chi connectivity index (χ2n) is 6.69. The quantitative estimate of drug-likeness (QED) is 0.270. The third-order valence-electron chi connectivity index (χ3n) is 4.00. The number of benzene rings is 1. The summed E-state index contributed by atoms with van der Waals surface area (Å²) in [6.07, 6.45) is 0.333. The lowest BCUT2D eigenvalue weighted by atomic mass is 10.0. The zero-order chi connectivity index (χ0) is 22.0. The van der Waals surface area contributed by atoms with Crippen LogP contribution in [0.25, 0.3) is 0 Å². The van der Waals surface area contributed by atoms with Gasteiger partial charge in [0.15, 0.2) is 0 Å². The maximum atomic E-state index is 12.7. The molecule has 1 rings (SSSR count). The summed E-state index contributed by atoms with van der Waals surface area (Å²) >= 11 is 0. The van der Waals surface area contributed by atoms with Crippen LogP contribution in [0.2, 0.25) is 0 Å². The van der Waals surface area contributed by atoms with Crippen LogP contribution in [0.1, 0.15) is 25.8 Å². The molecule has 0 spiro atoms. The van der Waals surface area contributed by atoms with Crippen LogP contribution in [0.5, 0.6) is 0 Å². The zero-order valence-corrected chi connectivity index (χ0v) is 16.4. The molecule has 0 heterocycles. The predicted octanol–water partition coefficient (Wildman–Crippen LogP) is -1.88. The molecule has 0 saturated carbocycles. The highest BCUT2D eigenvalue weighted by molar-refractivity contribution is 5.94. The van der Waals surface area contributed by atoms with Gasteiger partial charge in [-0.25, -0.2) is 0 Å². The highest BCUT2D eigenvalue weighted by Crippen LogP contribution is 2.05. The highest BCUT2D eigenvalue weighted by Gasteiger charge is 2.27. The van der Waals surface area contributed by atoms with E-state index in [0.29, 0.717) is 6.29 Å². The number of nitrogens with two attached hydrogens (primary N) is 2. The van der Waals surface area contributed by atoms with Crippen molar-refractivity contribution in [3.8, 4) is 0 Å². The largest absolute Gasteiger partial charge is 0.370 e. The van der Waals surface area contributed by atoms with Crippen LogP contribution in [0, 0.1) is 0 Å². The number of aldehydes is 1. The number of primary amides is 1. The lowest BCUT2D eigenvalue weighted by Gasteiger charge is -2.23. The lowest BCUT2D eigenvalue weighted by Crippen LogP contribution is -2.56. The Kier molecular flexibility index (Phi) is 9.46. The molecule has 0 bridgehead atoms. The average Bonchev–Trinajstić information content (AvgIpc) is 2.67. The molecular formula is C19H27N5O5. The summed E-state index contributed by atoms with van der Waals surface area (Å²) < 4.78 is 0. The summed E-state index contributed by atoms with van der Waals surface area (Å²) in [6, 6.07) is 5.03. The SMILES string of the molecule is C[C@H](NC(=O)[C@H](Cc1ccccc1)NC(=O)[C@@H](N)CC(N)=O)C(=O)N[C@@H](C)C=O. The van der Waals surface area contributed by atoms with Crippen molar-refractivity contribution in [1.29, 1.82) is 0 Å². The zero-order valence-electron chi connectivity index (χ0n) is 16.4. The van der Waals surface area contributed by atoms with E-state index in [1.165, 1.54) is 13.8 Å². The Morgan fingerprint density at radius 3 is 2.14 bits per heavy atom. The van der Waals surface area contributed by atoms with Gasteiger partial charge >= 0.3 is 0 Å². The standard InChI is InChI=1S/C19H27N5O5/c1-11(10-25)22-17(27)12(2)23-19(29)15(8-13-6-4-3-5-7-13)24-18(28)14(20)9-16(21)26/h3-7,10-12,14-15H,8-9,20H2,1-2H3,(H2,21,26)(H,22,27)(H,23,29)(H,24,28)/t11-,12-,14-,15-/m0/s1. The van der Waals surface area contributed by atoms with E-state index in [1.54, 1.807) is 30.3 Å². The monoisotopic (exact) mass is 405 g/mol. The summed E-state index contributed by atoms with van der Waals surface area (Å²) in [5.41, 5.74) is 11.5. The number of carbonyl (C=O) groups excluding carboxylic acids is 5. The first-order valence-corrected chi connectivity index (χ1v) is 9.08. The smallest absolute Gasteiger partial charge is 0.243 e. The number of hydrogen-bond donors (Lipinski definition) is 5. The third kappa shape index (κ3) is 8.52. The maximum Gasteiger partial charge on any atom is 0.243 e. The van der Waals surface area contributed by atoms with E-state index in [4.69, 9.17) is 11.5 Å². The van der Waals surface area contributed by atoms with Crippen molar-refractivity contribution in [3.05, 3.63) is 35.9 Å². The van der Waals surface area contributed by atoms with Gasteiger partial charge in [-0.15, -0.1) is 0 Å². The molecule has 4 amide bonds. The van der Waals surface area contributed by atoms with Crippen LogP contribution in [0.3, 0.4) is 0 Å². The van der Waals surface area contributed by atoms with E-state index in [9.17, 15) is 24.0 Å². The van der Waals surface area contributed by atoms with E-state index < -0.39 is 47.8 Å². The molecule has 0 aliphatic carbocycles. The van der Waals surface area contributed by atoms with Crippen molar-refractivity contribution in [2.24, 2.45) is 11.5 Å². The summed E-state index contributed by atoms with van der Waals surface area (Å²) in [5, 5.41) is 7.42. The minimum atomic E-state index is -1.20. The fraction of sp³-hybridized carbons (Fsp3) is 0.421. The van der Waals surface area contributed by atoms with Gasteiger partial charge in [0.1, 0.15) is 18.4 Å². The minimum Gasteiger partial charge on any atom is -0.370 e. The van der Waals surface area contributed by atoms with Crippen molar-refractivity contribution < 1.29 is 24.0 Å². The van der Waals surface area contributed by atoms with Gasteiger partial charge in [-0.05, 0) is 19.4 Å². The Bertz CT molecular complexity index is 740. The van der Waals surface area contributed by atoms with Gasteiger partial charge in [0.25, 0.3) is 0 Å². The molecule has 0 unspecified atom stereocenters. The van der Waals surface area contributed by atoms with Gasteiger partial charge in [0.2, 0.25) is 23.6 Å². The van der Waals surface area contributed by atoms with Gasteiger partial charge in [-0.1, -0.05) is 30.3 Å². The maximum absolute atomic E-state index is 12.7. The molecule has 10 heteroatoms. The van der Waals surface area contributed by atoms with Gasteiger partial charge in [-0.3, -0.25) is 19.2 Å². The summed E-state index contributed by atoms with van der Waals surface area (Å²) in [6.45, 7) is 2.95. The van der Waals surface area contributed by atoms with Gasteiger partial charge in [-0.2, -0.15) is 0 Å². The van der Waals surface area contributed by atoms with Crippen LogP contribution in [-0.4, -0.2) is 54.1 Å². The van der Waals surface area contributed by atoms with Gasteiger partial charge < -0.3 is 32.2 Å². The first-order valence-electron chi connectivity index (χ1n) is 9.08. The van der Waals surface area contributed by atoms with Crippen LogP contribution >= 0.6 is 0 Å². The topological polar surface area (TPSA) is 173 Å². The van der Waals surface area contributed by atoms with Crippen molar-refractivity contribution in [1.82, 2.24) is 16.0 Å². The number of amides is 4. The molecule has 4 atom stereocenters. The van der Waals surface area contributed by atoms with Crippen molar-refractivity contribution in [3.63, 3.8) is 0 Å². The molecule has 0 saturated heterocycles. The number of carbonyl (C=O) groups is 5. The van der Waals surface area contributed by atoms with E-state index in [1.807, 2.05) is 0 Å². The molecule has 0 aliphatic heterocycles. The molecule has 7 N–H and O–H groups in total. The van der Waals surface area contributed by atoms with Crippen molar-refractivity contribution in [2.75, 3.05) is 0 Å². The molecule has 29 heavy (non-hydrogen) atoms. The van der Waals surface area contributed by atoms with Crippen molar-refractivity contribution in [2.45, 2.75) is 50.9 Å². The fourth-order valence-electron chi connectivity index (χ4n) is 2.41. The molecular weight excluding hydrogens is 378 g/mol. The molecule has 1 aromatic carbocycles. The number of nitrogens with one attached hydrogen (secondary N) is 3. The van der Waals surface area contributed by atoms with E-state index in [-0.39, 0.29) is 12.8 Å². The molecule has 0 aliphatic rings. The van der Waals surface area contributed by atoms with Gasteiger partial charge in [0.05, 0.1) is 18.5 Å². The molecule has 0 radical (unpaired) electrons. The molecule has 0 fully saturated rings. The Labute approximate surface area is 168 Å². The molecule has 10 nitrogen and oxygen atoms in total. The lowest BCUT2D eigenvalue weighted by molar-refractivity contribution is -0.133. The highest BCUT2D eigenvalue weighted by atomic mass is 16.2. The molecule has 1 aromatic rings. The predicted molar refractivity (Wildman–Crippen MR) is 105 cm³/mol. The van der Waals surface area contributed by atoms with E-state index in [2.05, 4.69) is 16.0 Å². The second kappa shape index (κ2) is 11.5. The third-order valence-corrected chi connectivity index (χ3v) is 4.00. The van der Waals surface area contributed by atoms with Crippen LogP contribution < -0.4 is 27.4 Å². The normalized spacial score (nSPS) is 14.6. The Morgan fingerprint density at radius 1 is 0.966 bits per heavy atom. The first kappa shape index (κ1) is 23.8. The van der Waals surface area contributed by atoms with Gasteiger partial charge in [0, 0.05) is 6.42 Å². The van der Waals surface area contributed by atoms with Crippen molar-refractivity contribution >= 4 is 29.9 Å². The second-order valence-corrected chi connectivity index (χ2v) is 6.69. The van der Waals surface area contributed by atoms with E-state index in [0.717, 1.165) is 5.56 Å².